The van der Waals surface area contributed by atoms with E-state index in [1.807, 2.05) is 33.4 Å². The number of nitrogens with zero attached hydrogens (tertiary/aromatic N) is 6. The van der Waals surface area contributed by atoms with E-state index < -0.39 is 0 Å². The SMILES string of the molecule is CN(C)c1nc(NN)nc(NCc2ccn(C)n2)n1. The van der Waals surface area contributed by atoms with Gasteiger partial charge in [0.05, 0.1) is 12.2 Å². The lowest BCUT2D eigenvalue weighted by Gasteiger charge is -2.12. The molecule has 0 fully saturated rings. The molecule has 0 spiro atoms. The molecule has 4 N–H and O–H groups in total. The molecule has 0 unspecified atom stereocenters. The summed E-state index contributed by atoms with van der Waals surface area (Å²) in [5.74, 6) is 6.60. The number of aryl methyl sites for hydroxylation is 1. The summed E-state index contributed by atoms with van der Waals surface area (Å²) in [5.41, 5.74) is 3.32. The Kier molecular flexibility index (Phi) is 3.76. The fourth-order valence-corrected chi connectivity index (χ4v) is 1.44. The third kappa shape index (κ3) is 3.28. The van der Waals surface area contributed by atoms with E-state index in [0.717, 1.165) is 5.69 Å². The van der Waals surface area contributed by atoms with Crippen molar-refractivity contribution < 1.29 is 0 Å². The zero-order valence-corrected chi connectivity index (χ0v) is 11.1. The maximum atomic E-state index is 5.33. The van der Waals surface area contributed by atoms with E-state index in [4.69, 9.17) is 5.84 Å². The fraction of sp³-hybridized carbons (Fsp3) is 0.400. The molecular weight excluding hydrogens is 246 g/mol. The second-order valence-corrected chi connectivity index (χ2v) is 4.16. The standard InChI is InChI=1S/C10H17N9/c1-18(2)10-14-8(13-9(15-10)16-11)12-6-7-4-5-19(3)17-7/h4-5H,6,11H2,1-3H3,(H2,12,13,14,15,16). The van der Waals surface area contributed by atoms with E-state index >= 15 is 0 Å². The molecule has 19 heavy (non-hydrogen) atoms. The summed E-state index contributed by atoms with van der Waals surface area (Å²) in [4.78, 5) is 14.3. The largest absolute Gasteiger partial charge is 0.348 e. The Balaban J connectivity index is 2.12. The number of hydrogen-bond donors (Lipinski definition) is 3. The molecule has 0 saturated heterocycles. The molecule has 0 saturated carbocycles. The molecule has 9 nitrogen and oxygen atoms in total. The van der Waals surface area contributed by atoms with Crippen LogP contribution < -0.4 is 21.5 Å². The summed E-state index contributed by atoms with van der Waals surface area (Å²) in [6.45, 7) is 0.529. The van der Waals surface area contributed by atoms with Crippen LogP contribution in [-0.4, -0.2) is 38.8 Å². The first-order valence-electron chi connectivity index (χ1n) is 5.71. The van der Waals surface area contributed by atoms with Gasteiger partial charge >= 0.3 is 0 Å². The van der Waals surface area contributed by atoms with Crippen molar-refractivity contribution in [1.82, 2.24) is 24.7 Å². The van der Waals surface area contributed by atoms with Crippen molar-refractivity contribution in [2.24, 2.45) is 12.9 Å². The molecule has 2 aromatic rings. The predicted octanol–water partition coefficient (Wildman–Crippen LogP) is -0.431. The highest BCUT2D eigenvalue weighted by Gasteiger charge is 2.07. The highest BCUT2D eigenvalue weighted by atomic mass is 15.4. The van der Waals surface area contributed by atoms with Gasteiger partial charge in [0, 0.05) is 27.3 Å². The van der Waals surface area contributed by atoms with Gasteiger partial charge < -0.3 is 10.2 Å². The monoisotopic (exact) mass is 263 g/mol. The lowest BCUT2D eigenvalue weighted by Crippen LogP contribution is -2.19. The highest BCUT2D eigenvalue weighted by molar-refractivity contribution is 5.42. The number of nitrogen functional groups attached to an aromatic ring is 1. The number of aromatic nitrogens is 5. The zero-order chi connectivity index (χ0) is 13.8. The molecule has 0 aliphatic carbocycles. The molecule has 0 atom stereocenters. The minimum atomic E-state index is 0.308. The number of rotatable bonds is 5. The Bertz CT molecular complexity index is 548. The van der Waals surface area contributed by atoms with Crippen molar-refractivity contribution in [3.8, 4) is 0 Å². The van der Waals surface area contributed by atoms with Gasteiger partial charge in [-0.15, -0.1) is 0 Å². The summed E-state index contributed by atoms with van der Waals surface area (Å²) < 4.78 is 1.74. The summed E-state index contributed by atoms with van der Waals surface area (Å²) >= 11 is 0. The Morgan fingerprint density at radius 3 is 2.58 bits per heavy atom. The fourth-order valence-electron chi connectivity index (χ4n) is 1.44. The van der Waals surface area contributed by atoms with Crippen LogP contribution in [0.25, 0.3) is 0 Å². The number of hydrogen-bond acceptors (Lipinski definition) is 8. The van der Waals surface area contributed by atoms with Crippen LogP contribution in [0.3, 0.4) is 0 Å². The van der Waals surface area contributed by atoms with Crippen molar-refractivity contribution in [2.75, 3.05) is 29.7 Å². The summed E-state index contributed by atoms with van der Waals surface area (Å²) in [7, 11) is 5.56. The molecule has 2 aromatic heterocycles. The third-order valence-corrected chi connectivity index (χ3v) is 2.35. The van der Waals surface area contributed by atoms with E-state index in [9.17, 15) is 0 Å². The minimum Gasteiger partial charge on any atom is -0.348 e. The smallest absolute Gasteiger partial charge is 0.243 e. The lowest BCUT2D eigenvalue weighted by atomic mass is 10.4. The van der Waals surface area contributed by atoms with Crippen molar-refractivity contribution in [2.45, 2.75) is 6.54 Å². The molecule has 102 valence electrons. The predicted molar refractivity (Wildman–Crippen MR) is 72.5 cm³/mol. The van der Waals surface area contributed by atoms with Crippen LogP contribution in [0.4, 0.5) is 17.8 Å². The first-order chi connectivity index (χ1) is 9.08. The third-order valence-electron chi connectivity index (χ3n) is 2.35. The maximum Gasteiger partial charge on any atom is 0.243 e. The van der Waals surface area contributed by atoms with Crippen molar-refractivity contribution in [3.63, 3.8) is 0 Å². The van der Waals surface area contributed by atoms with E-state index in [1.165, 1.54) is 0 Å². The molecule has 0 amide bonds. The van der Waals surface area contributed by atoms with Crippen LogP contribution in [0.15, 0.2) is 12.3 Å². The van der Waals surface area contributed by atoms with Crippen LogP contribution in [-0.2, 0) is 13.6 Å². The van der Waals surface area contributed by atoms with E-state index in [2.05, 4.69) is 30.8 Å². The van der Waals surface area contributed by atoms with E-state index in [-0.39, 0.29) is 0 Å². The van der Waals surface area contributed by atoms with Crippen LogP contribution in [0.5, 0.6) is 0 Å². The van der Waals surface area contributed by atoms with Gasteiger partial charge in [0.1, 0.15) is 0 Å². The summed E-state index contributed by atoms with van der Waals surface area (Å²) in [6.07, 6.45) is 1.88. The van der Waals surface area contributed by atoms with Gasteiger partial charge in [0.25, 0.3) is 0 Å². The van der Waals surface area contributed by atoms with Crippen molar-refractivity contribution in [3.05, 3.63) is 18.0 Å². The van der Waals surface area contributed by atoms with Crippen LogP contribution in [0, 0.1) is 0 Å². The first kappa shape index (κ1) is 13.0. The number of hydrazine groups is 1. The average Bonchev–Trinajstić information content (AvgIpc) is 2.81. The number of nitrogens with one attached hydrogen (secondary N) is 2. The highest BCUT2D eigenvalue weighted by Crippen LogP contribution is 2.11. The molecule has 0 aliphatic rings. The quantitative estimate of drug-likeness (QED) is 0.492. The minimum absolute atomic E-state index is 0.308. The maximum absolute atomic E-state index is 5.33. The first-order valence-corrected chi connectivity index (χ1v) is 5.71. The van der Waals surface area contributed by atoms with Crippen LogP contribution in [0.2, 0.25) is 0 Å². The van der Waals surface area contributed by atoms with E-state index in [1.54, 1.807) is 9.58 Å². The molecule has 0 radical (unpaired) electrons. The van der Waals surface area contributed by atoms with Gasteiger partial charge in [-0.25, -0.2) is 5.84 Å². The molecule has 0 aliphatic heterocycles. The Morgan fingerprint density at radius 1 is 1.26 bits per heavy atom. The van der Waals surface area contributed by atoms with Gasteiger partial charge in [-0.2, -0.15) is 20.1 Å². The average molecular weight is 263 g/mol. The Hall–Kier alpha value is -2.42. The number of anilines is 3. The van der Waals surface area contributed by atoms with Crippen LogP contribution in [0.1, 0.15) is 5.69 Å². The molecule has 0 aromatic carbocycles. The molecule has 9 heteroatoms. The Morgan fingerprint density at radius 2 is 2.00 bits per heavy atom. The van der Waals surface area contributed by atoms with Crippen LogP contribution >= 0.6 is 0 Å². The van der Waals surface area contributed by atoms with E-state index in [0.29, 0.717) is 24.4 Å². The van der Waals surface area contributed by atoms with Gasteiger partial charge in [0.15, 0.2) is 0 Å². The summed E-state index contributed by atoms with van der Waals surface area (Å²) in [5, 5.41) is 7.34. The zero-order valence-electron chi connectivity index (χ0n) is 11.1. The topological polar surface area (TPSA) is 110 Å². The van der Waals surface area contributed by atoms with Crippen molar-refractivity contribution in [1.29, 1.82) is 0 Å². The normalized spacial score (nSPS) is 10.3. The van der Waals surface area contributed by atoms with Gasteiger partial charge in [-0.1, -0.05) is 0 Å². The van der Waals surface area contributed by atoms with Gasteiger partial charge in [-0.3, -0.25) is 10.1 Å². The van der Waals surface area contributed by atoms with Gasteiger partial charge in [0.2, 0.25) is 17.8 Å². The molecule has 2 heterocycles. The second-order valence-electron chi connectivity index (χ2n) is 4.16. The van der Waals surface area contributed by atoms with Crippen molar-refractivity contribution >= 4 is 17.8 Å². The number of nitrogens with two attached hydrogens (primary N) is 1. The summed E-state index contributed by atoms with van der Waals surface area (Å²) in [6, 6.07) is 1.92. The molecule has 0 bridgehead atoms. The molecule has 2 rings (SSSR count). The lowest BCUT2D eigenvalue weighted by molar-refractivity contribution is 0.746. The van der Waals surface area contributed by atoms with Gasteiger partial charge in [-0.05, 0) is 6.07 Å². The Labute approximate surface area is 110 Å². The molecular formula is C10H17N9. The second kappa shape index (κ2) is 5.48.